The van der Waals surface area contributed by atoms with Crippen LogP contribution in [0, 0.1) is 12.8 Å². The lowest BCUT2D eigenvalue weighted by molar-refractivity contribution is 0.0949. The summed E-state index contributed by atoms with van der Waals surface area (Å²) in [5, 5.41) is 6.33. The van der Waals surface area contributed by atoms with Crippen LogP contribution in [0.3, 0.4) is 0 Å². The molecule has 1 heterocycles. The minimum absolute atomic E-state index is 0.0350. The van der Waals surface area contributed by atoms with Gasteiger partial charge in [0.1, 0.15) is 0 Å². The highest BCUT2D eigenvalue weighted by Gasteiger charge is 2.17. The van der Waals surface area contributed by atoms with Crippen molar-refractivity contribution in [3.8, 4) is 0 Å². The Labute approximate surface area is 119 Å². The van der Waals surface area contributed by atoms with Crippen LogP contribution in [0.15, 0.2) is 18.2 Å². The summed E-state index contributed by atoms with van der Waals surface area (Å²) in [6.07, 6.45) is 1.22. The van der Waals surface area contributed by atoms with E-state index in [9.17, 15) is 4.79 Å². The van der Waals surface area contributed by atoms with E-state index in [2.05, 4.69) is 10.6 Å². The van der Waals surface area contributed by atoms with Gasteiger partial charge in [0.25, 0.3) is 5.91 Å². The van der Waals surface area contributed by atoms with Gasteiger partial charge in [0.05, 0.1) is 5.56 Å². The maximum atomic E-state index is 12.3. The molecule has 3 nitrogen and oxygen atoms in total. The van der Waals surface area contributed by atoms with E-state index < -0.39 is 0 Å². The highest BCUT2D eigenvalue weighted by molar-refractivity contribution is 7.99. The smallest absolute Gasteiger partial charge is 0.253 e. The first-order chi connectivity index (χ1) is 9.20. The normalized spacial score (nSPS) is 18.3. The molecule has 1 unspecified atom stereocenters. The maximum absolute atomic E-state index is 12.3. The molecule has 0 bridgehead atoms. The molecule has 1 amide bonds. The van der Waals surface area contributed by atoms with Crippen LogP contribution < -0.4 is 10.6 Å². The van der Waals surface area contributed by atoms with Crippen molar-refractivity contribution in [2.24, 2.45) is 5.92 Å². The third-order valence-electron chi connectivity index (χ3n) is 3.36. The van der Waals surface area contributed by atoms with Crippen LogP contribution in [-0.2, 0) is 0 Å². The van der Waals surface area contributed by atoms with Gasteiger partial charge in [-0.15, -0.1) is 0 Å². The Hall–Kier alpha value is -1.16. The highest BCUT2D eigenvalue weighted by atomic mass is 32.2. The van der Waals surface area contributed by atoms with E-state index >= 15 is 0 Å². The molecule has 1 atom stereocenters. The van der Waals surface area contributed by atoms with Gasteiger partial charge in [-0.25, -0.2) is 0 Å². The number of aryl methyl sites for hydroxylation is 1. The second-order valence-corrected chi connectivity index (χ2v) is 6.17. The number of carbonyl (C=O) groups excluding carboxylic acids is 1. The van der Waals surface area contributed by atoms with Gasteiger partial charge in [0, 0.05) is 18.8 Å². The fourth-order valence-electron chi connectivity index (χ4n) is 2.27. The molecule has 0 saturated carbocycles. The van der Waals surface area contributed by atoms with Gasteiger partial charge in [0.15, 0.2) is 0 Å². The summed E-state index contributed by atoms with van der Waals surface area (Å²) in [7, 11) is 0. The Bertz CT molecular complexity index is 442. The topological polar surface area (TPSA) is 41.1 Å². The Morgan fingerprint density at radius 3 is 3.00 bits per heavy atom. The third kappa shape index (κ3) is 3.90. The number of amides is 1. The highest BCUT2D eigenvalue weighted by Crippen LogP contribution is 2.23. The van der Waals surface area contributed by atoms with Gasteiger partial charge in [-0.1, -0.05) is 6.07 Å². The summed E-state index contributed by atoms with van der Waals surface area (Å²) >= 11 is 1.98. The van der Waals surface area contributed by atoms with Crippen molar-refractivity contribution in [3.63, 3.8) is 0 Å². The number of anilines is 1. The number of thioether (sulfide) groups is 1. The lowest BCUT2D eigenvalue weighted by Gasteiger charge is -2.14. The summed E-state index contributed by atoms with van der Waals surface area (Å²) in [4.78, 5) is 12.3. The molecule has 1 aromatic rings. The van der Waals surface area contributed by atoms with Crippen LogP contribution in [0.1, 0.15) is 29.3 Å². The second-order valence-electron chi connectivity index (χ2n) is 5.02. The van der Waals surface area contributed by atoms with Crippen LogP contribution in [0.4, 0.5) is 5.69 Å². The van der Waals surface area contributed by atoms with E-state index in [0.29, 0.717) is 5.92 Å². The van der Waals surface area contributed by atoms with Crippen molar-refractivity contribution in [3.05, 3.63) is 29.3 Å². The lowest BCUT2D eigenvalue weighted by Crippen LogP contribution is -2.29. The monoisotopic (exact) mass is 278 g/mol. The zero-order valence-electron chi connectivity index (χ0n) is 11.7. The van der Waals surface area contributed by atoms with E-state index in [1.807, 2.05) is 43.8 Å². The fourth-order valence-corrected chi connectivity index (χ4v) is 3.55. The molecule has 2 rings (SSSR count). The molecule has 104 valence electrons. The van der Waals surface area contributed by atoms with Gasteiger partial charge in [0.2, 0.25) is 0 Å². The molecule has 19 heavy (non-hydrogen) atoms. The van der Waals surface area contributed by atoms with E-state index in [0.717, 1.165) is 24.3 Å². The molecule has 2 N–H and O–H groups in total. The number of benzene rings is 1. The number of hydrogen-bond donors (Lipinski definition) is 2. The Morgan fingerprint density at radius 1 is 1.47 bits per heavy atom. The van der Waals surface area contributed by atoms with Crippen molar-refractivity contribution in [2.45, 2.75) is 20.3 Å². The van der Waals surface area contributed by atoms with Gasteiger partial charge < -0.3 is 10.6 Å². The molecule has 0 aliphatic carbocycles. The third-order valence-corrected chi connectivity index (χ3v) is 4.59. The molecule has 1 saturated heterocycles. The molecule has 1 aliphatic heterocycles. The van der Waals surface area contributed by atoms with E-state index in [1.165, 1.54) is 23.5 Å². The second kappa shape index (κ2) is 6.85. The van der Waals surface area contributed by atoms with Crippen molar-refractivity contribution >= 4 is 23.4 Å². The fraction of sp³-hybridized carbons (Fsp3) is 0.533. The van der Waals surface area contributed by atoms with Crippen LogP contribution in [0.25, 0.3) is 0 Å². The molecular formula is C15H22N2OS. The predicted molar refractivity (Wildman–Crippen MR) is 83.1 cm³/mol. The quantitative estimate of drug-likeness (QED) is 0.870. The van der Waals surface area contributed by atoms with Crippen LogP contribution in [-0.4, -0.2) is 30.5 Å². The molecule has 0 aromatic heterocycles. The van der Waals surface area contributed by atoms with Gasteiger partial charge in [-0.2, -0.15) is 11.8 Å². The first-order valence-electron chi connectivity index (χ1n) is 6.91. The average Bonchev–Trinajstić information content (AvgIpc) is 2.90. The lowest BCUT2D eigenvalue weighted by atomic mass is 10.1. The van der Waals surface area contributed by atoms with Gasteiger partial charge >= 0.3 is 0 Å². The zero-order chi connectivity index (χ0) is 13.7. The SMILES string of the molecule is CCNc1cc(C)ccc1C(=O)NCC1CCSC1. The Kier molecular flexibility index (Phi) is 5.14. The summed E-state index contributed by atoms with van der Waals surface area (Å²) in [5.74, 6) is 3.08. The van der Waals surface area contributed by atoms with Gasteiger partial charge in [-0.05, 0) is 55.4 Å². The summed E-state index contributed by atoms with van der Waals surface area (Å²) in [6.45, 7) is 5.70. The number of carbonyl (C=O) groups is 1. The number of hydrogen-bond acceptors (Lipinski definition) is 3. The van der Waals surface area contributed by atoms with Crippen LogP contribution in [0.2, 0.25) is 0 Å². The van der Waals surface area contributed by atoms with Crippen molar-refractivity contribution < 1.29 is 4.79 Å². The van der Waals surface area contributed by atoms with Crippen molar-refractivity contribution in [1.82, 2.24) is 5.32 Å². The Balaban J connectivity index is 2.00. The minimum Gasteiger partial charge on any atom is -0.385 e. The molecular weight excluding hydrogens is 256 g/mol. The molecule has 1 fully saturated rings. The minimum atomic E-state index is 0.0350. The molecule has 4 heteroatoms. The van der Waals surface area contributed by atoms with Crippen LogP contribution >= 0.6 is 11.8 Å². The number of rotatable bonds is 5. The maximum Gasteiger partial charge on any atom is 0.253 e. The summed E-state index contributed by atoms with van der Waals surface area (Å²) in [5.41, 5.74) is 2.85. The summed E-state index contributed by atoms with van der Waals surface area (Å²) in [6, 6.07) is 5.93. The van der Waals surface area contributed by atoms with E-state index in [-0.39, 0.29) is 5.91 Å². The molecule has 1 aliphatic rings. The molecule has 0 radical (unpaired) electrons. The number of nitrogens with one attached hydrogen (secondary N) is 2. The van der Waals surface area contributed by atoms with Gasteiger partial charge in [-0.3, -0.25) is 4.79 Å². The van der Waals surface area contributed by atoms with Crippen molar-refractivity contribution in [2.75, 3.05) is 29.9 Å². The Morgan fingerprint density at radius 2 is 2.32 bits per heavy atom. The molecule has 1 aromatic carbocycles. The van der Waals surface area contributed by atoms with Crippen molar-refractivity contribution in [1.29, 1.82) is 0 Å². The summed E-state index contributed by atoms with van der Waals surface area (Å²) < 4.78 is 0. The predicted octanol–water partition coefficient (Wildman–Crippen LogP) is 2.91. The first kappa shape index (κ1) is 14.3. The zero-order valence-corrected chi connectivity index (χ0v) is 12.5. The van der Waals surface area contributed by atoms with Crippen LogP contribution in [0.5, 0.6) is 0 Å². The largest absolute Gasteiger partial charge is 0.385 e. The first-order valence-corrected chi connectivity index (χ1v) is 8.06. The average molecular weight is 278 g/mol. The standard InChI is InChI=1S/C15H22N2OS/c1-3-16-14-8-11(2)4-5-13(14)15(18)17-9-12-6-7-19-10-12/h4-5,8,12,16H,3,6-7,9-10H2,1-2H3,(H,17,18). The molecule has 0 spiro atoms. The van der Waals surface area contributed by atoms with E-state index in [4.69, 9.17) is 0 Å². The van der Waals surface area contributed by atoms with E-state index in [1.54, 1.807) is 0 Å².